The van der Waals surface area contributed by atoms with Gasteiger partial charge in [0.1, 0.15) is 29.7 Å². The van der Waals surface area contributed by atoms with Gasteiger partial charge in [0.15, 0.2) is 11.5 Å². The summed E-state index contributed by atoms with van der Waals surface area (Å²) in [5.74, 6) is 0.632. The number of nitrogens with one attached hydrogen (secondary N) is 3. The minimum atomic E-state index is -4.57. The van der Waals surface area contributed by atoms with Crippen molar-refractivity contribution in [3.63, 3.8) is 0 Å². The molecular weight excluding hydrogens is 539 g/mol. The summed E-state index contributed by atoms with van der Waals surface area (Å²) in [7, 11) is 0. The van der Waals surface area contributed by atoms with Crippen LogP contribution < -0.4 is 21.1 Å². The largest absolute Gasteiger partial charge is 0.439 e. The normalized spacial score (nSPS) is 11.6. The lowest BCUT2D eigenvalue weighted by atomic mass is 10.0. The molecule has 2 aromatic carbocycles. The van der Waals surface area contributed by atoms with Gasteiger partial charge < -0.3 is 26.1 Å². The Labute approximate surface area is 229 Å². The fourth-order valence-electron chi connectivity index (χ4n) is 4.23. The summed E-state index contributed by atoms with van der Waals surface area (Å²) in [4.78, 5) is 28.8. The number of para-hydroxylation sites is 1. The van der Waals surface area contributed by atoms with Gasteiger partial charge in [-0.05, 0) is 35.9 Å². The van der Waals surface area contributed by atoms with Gasteiger partial charge >= 0.3 is 6.18 Å². The fraction of sp³-hybridized carbons (Fsp3) is 0.0741. The van der Waals surface area contributed by atoms with Crippen LogP contribution >= 0.6 is 0 Å². The first-order chi connectivity index (χ1) is 19.7. The first-order valence-electron chi connectivity index (χ1n) is 12.2. The summed E-state index contributed by atoms with van der Waals surface area (Å²) < 4.78 is 45.3. The highest BCUT2D eigenvalue weighted by molar-refractivity contribution is 6.07. The molecule has 0 aliphatic heterocycles. The molecule has 206 valence electrons. The Morgan fingerprint density at radius 3 is 2.56 bits per heavy atom. The van der Waals surface area contributed by atoms with Gasteiger partial charge in [0, 0.05) is 23.5 Å². The zero-order valence-corrected chi connectivity index (χ0v) is 21.0. The molecule has 0 radical (unpaired) electrons. The molecule has 0 aliphatic rings. The maximum Gasteiger partial charge on any atom is 0.405 e. The van der Waals surface area contributed by atoms with Crippen LogP contribution in [0.4, 0.5) is 30.6 Å². The molecule has 6 aromatic rings. The van der Waals surface area contributed by atoms with Crippen molar-refractivity contribution >= 4 is 40.0 Å². The Morgan fingerprint density at radius 1 is 1.02 bits per heavy atom. The van der Waals surface area contributed by atoms with Crippen molar-refractivity contribution < 1.29 is 22.7 Å². The lowest BCUT2D eigenvalue weighted by molar-refractivity contribution is -0.123. The number of H-pyrrole nitrogens is 1. The van der Waals surface area contributed by atoms with Crippen molar-refractivity contribution in [2.24, 2.45) is 0 Å². The average molecular weight is 560 g/mol. The molecule has 0 bridgehead atoms. The molecule has 0 saturated heterocycles. The van der Waals surface area contributed by atoms with Crippen molar-refractivity contribution in [1.29, 1.82) is 0 Å². The lowest BCUT2D eigenvalue weighted by Gasteiger charge is -2.10. The number of imidazole rings is 1. The van der Waals surface area contributed by atoms with E-state index in [1.54, 1.807) is 36.4 Å². The summed E-state index contributed by atoms with van der Waals surface area (Å²) in [6.07, 6.45) is -2.06. The number of carbonyl (C=O) groups is 1. The number of nitrogens with two attached hydrogens (primary N) is 1. The second kappa shape index (κ2) is 10.1. The predicted octanol–water partition coefficient (Wildman–Crippen LogP) is 5.08. The summed E-state index contributed by atoms with van der Waals surface area (Å²) in [6, 6.07) is 19.6. The highest BCUT2D eigenvalue weighted by atomic mass is 19.4. The molecule has 0 saturated carbocycles. The van der Waals surface area contributed by atoms with Gasteiger partial charge in [0.25, 0.3) is 5.91 Å². The number of pyridine rings is 1. The standard InChI is InChI=1S/C27H20F3N9O2/c28-27(29,30)13-32-25(40)18-12-39-22(23(31)33-14-34-39)21(18)15-6-8-16(9-7-15)35-26-36-19-10-11-20(37-24(19)38-26)41-17-4-2-1-3-5-17/h1-12,14H,13H2,(H,32,40)(H2,31,33,34)(H2,35,36,37,38). The van der Waals surface area contributed by atoms with Gasteiger partial charge in [-0.25, -0.2) is 14.5 Å². The van der Waals surface area contributed by atoms with E-state index < -0.39 is 18.6 Å². The molecule has 11 nitrogen and oxygen atoms in total. The third-order valence-electron chi connectivity index (χ3n) is 6.02. The molecule has 1 amide bonds. The van der Waals surface area contributed by atoms with Gasteiger partial charge in [0.05, 0.1) is 5.56 Å². The van der Waals surface area contributed by atoms with Crippen molar-refractivity contribution in [2.75, 3.05) is 17.6 Å². The topological polar surface area (TPSA) is 148 Å². The Morgan fingerprint density at radius 2 is 1.80 bits per heavy atom. The monoisotopic (exact) mass is 559 g/mol. The van der Waals surface area contributed by atoms with E-state index in [2.05, 4.69) is 30.4 Å². The van der Waals surface area contributed by atoms with E-state index >= 15 is 0 Å². The number of nitrogens with zero attached hydrogens (tertiary/aromatic N) is 5. The second-order valence-corrected chi connectivity index (χ2v) is 8.87. The minimum Gasteiger partial charge on any atom is -0.439 e. The van der Waals surface area contributed by atoms with E-state index in [0.717, 1.165) is 0 Å². The van der Waals surface area contributed by atoms with E-state index in [1.165, 1.54) is 17.0 Å². The van der Waals surface area contributed by atoms with Gasteiger partial charge in [-0.3, -0.25) is 4.79 Å². The van der Waals surface area contributed by atoms with Crippen LogP contribution in [0.5, 0.6) is 11.6 Å². The number of alkyl halides is 3. The van der Waals surface area contributed by atoms with Crippen LogP contribution in [0.25, 0.3) is 27.8 Å². The average Bonchev–Trinajstić information content (AvgIpc) is 3.54. The lowest BCUT2D eigenvalue weighted by Crippen LogP contribution is -2.33. The summed E-state index contributed by atoms with van der Waals surface area (Å²) in [6.45, 7) is -1.48. The van der Waals surface area contributed by atoms with Crippen molar-refractivity contribution in [3.05, 3.63) is 84.8 Å². The third kappa shape index (κ3) is 5.43. The number of hydrogen-bond donors (Lipinski definition) is 4. The van der Waals surface area contributed by atoms with E-state index in [9.17, 15) is 18.0 Å². The Kier molecular flexibility index (Phi) is 6.34. The summed E-state index contributed by atoms with van der Waals surface area (Å²) in [5.41, 5.74) is 8.91. The van der Waals surface area contributed by atoms with Gasteiger partial charge in [0.2, 0.25) is 11.8 Å². The number of benzene rings is 2. The van der Waals surface area contributed by atoms with E-state index in [0.29, 0.717) is 51.1 Å². The Balaban J connectivity index is 1.26. The number of aromatic nitrogens is 6. The molecule has 5 N–H and O–H groups in total. The summed E-state index contributed by atoms with van der Waals surface area (Å²) in [5, 5.41) is 9.10. The molecule has 0 fully saturated rings. The number of halogens is 3. The van der Waals surface area contributed by atoms with Crippen LogP contribution in [0.2, 0.25) is 0 Å². The van der Waals surface area contributed by atoms with Crippen LogP contribution in [0.15, 0.2) is 79.3 Å². The van der Waals surface area contributed by atoms with E-state index in [4.69, 9.17) is 10.5 Å². The number of anilines is 3. The minimum absolute atomic E-state index is 0.0287. The maximum absolute atomic E-state index is 12.7. The molecule has 41 heavy (non-hydrogen) atoms. The molecule has 0 spiro atoms. The number of aromatic amines is 1. The molecule has 4 heterocycles. The highest BCUT2D eigenvalue weighted by Gasteiger charge is 2.29. The molecule has 0 atom stereocenters. The second-order valence-electron chi connectivity index (χ2n) is 8.87. The first-order valence-corrected chi connectivity index (χ1v) is 12.2. The molecular formula is C27H20F3N9O2. The molecule has 0 unspecified atom stereocenters. The Hall–Kier alpha value is -5.66. The van der Waals surface area contributed by atoms with Crippen LogP contribution in [0.3, 0.4) is 0 Å². The zero-order chi connectivity index (χ0) is 28.6. The highest BCUT2D eigenvalue weighted by Crippen LogP contribution is 2.33. The number of fused-ring (bicyclic) bond motifs is 2. The number of rotatable bonds is 7. The molecule has 6 rings (SSSR count). The smallest absolute Gasteiger partial charge is 0.405 e. The molecule has 0 aliphatic carbocycles. The van der Waals surface area contributed by atoms with Crippen LogP contribution in [-0.4, -0.2) is 48.2 Å². The van der Waals surface area contributed by atoms with Crippen LogP contribution in [0, 0.1) is 0 Å². The van der Waals surface area contributed by atoms with Crippen molar-refractivity contribution in [2.45, 2.75) is 6.18 Å². The van der Waals surface area contributed by atoms with E-state index in [-0.39, 0.29) is 11.4 Å². The number of ether oxygens (including phenoxy) is 1. The van der Waals surface area contributed by atoms with Crippen LogP contribution in [-0.2, 0) is 0 Å². The Bertz CT molecular complexity index is 1870. The van der Waals surface area contributed by atoms with Gasteiger partial charge in [-0.2, -0.15) is 23.3 Å². The van der Waals surface area contributed by atoms with E-state index in [1.807, 2.05) is 35.6 Å². The van der Waals surface area contributed by atoms with Gasteiger partial charge in [-0.1, -0.05) is 30.3 Å². The van der Waals surface area contributed by atoms with Gasteiger partial charge in [-0.15, -0.1) is 0 Å². The summed E-state index contributed by atoms with van der Waals surface area (Å²) >= 11 is 0. The number of carbonyl (C=O) groups excluding carboxylic acids is 1. The van der Waals surface area contributed by atoms with Crippen LogP contribution in [0.1, 0.15) is 10.4 Å². The third-order valence-corrected chi connectivity index (χ3v) is 6.02. The quantitative estimate of drug-likeness (QED) is 0.212. The number of hydrogen-bond acceptors (Lipinski definition) is 8. The van der Waals surface area contributed by atoms with Crippen molar-refractivity contribution in [1.82, 2.24) is 34.9 Å². The molecule has 4 aromatic heterocycles. The number of amides is 1. The van der Waals surface area contributed by atoms with Crippen molar-refractivity contribution in [3.8, 4) is 22.8 Å². The molecule has 14 heteroatoms. The maximum atomic E-state index is 12.7. The first kappa shape index (κ1) is 25.6. The number of nitrogen functional groups attached to an aromatic ring is 1. The zero-order valence-electron chi connectivity index (χ0n) is 21.0. The predicted molar refractivity (Wildman–Crippen MR) is 145 cm³/mol. The fourth-order valence-corrected chi connectivity index (χ4v) is 4.23. The SMILES string of the molecule is Nc1ncnn2cc(C(=O)NCC(F)(F)F)c(-c3ccc(Nc4nc5ccc(Oc6ccccc6)nc5[nH]4)cc3)c12.